The van der Waals surface area contributed by atoms with Crippen molar-refractivity contribution in [3.8, 4) is 17.2 Å². The van der Waals surface area contributed by atoms with Crippen LogP contribution in [0.3, 0.4) is 0 Å². The topological polar surface area (TPSA) is 35.1 Å². The Morgan fingerprint density at radius 1 is 0.380 bits per heavy atom. The predicted octanol–water partition coefficient (Wildman–Crippen LogP) is 11.9. The summed E-state index contributed by atoms with van der Waals surface area (Å²) >= 11 is 0. The van der Waals surface area contributed by atoms with Crippen molar-refractivity contribution in [3.63, 3.8) is 0 Å². The molecule has 4 nitrogen and oxygen atoms in total. The first-order chi connectivity index (χ1) is 24.8. The van der Waals surface area contributed by atoms with Gasteiger partial charge in [0.1, 0.15) is 5.82 Å². The van der Waals surface area contributed by atoms with E-state index in [1.807, 2.05) is 0 Å². The Labute approximate surface area is 285 Å². The second kappa shape index (κ2) is 9.43. The average molecular weight is 635 g/mol. The van der Waals surface area contributed by atoms with Crippen LogP contribution in [0.2, 0.25) is 0 Å². The number of fused-ring (bicyclic) bond motifs is 13. The monoisotopic (exact) mass is 634 g/mol. The van der Waals surface area contributed by atoms with Crippen molar-refractivity contribution in [2.45, 2.75) is 0 Å². The van der Waals surface area contributed by atoms with Gasteiger partial charge in [-0.25, -0.2) is 9.97 Å². The highest BCUT2D eigenvalue weighted by Crippen LogP contribution is 2.47. The molecule has 0 aliphatic rings. The molecule has 4 aromatic heterocycles. The van der Waals surface area contributed by atoms with Gasteiger partial charge in [0, 0.05) is 43.3 Å². The van der Waals surface area contributed by atoms with Gasteiger partial charge in [-0.1, -0.05) is 115 Å². The van der Waals surface area contributed by atoms with Gasteiger partial charge < -0.3 is 4.40 Å². The normalized spacial score (nSPS) is 12.4. The Bertz CT molecular complexity index is 3380. The summed E-state index contributed by atoms with van der Waals surface area (Å²) in [7, 11) is 0. The van der Waals surface area contributed by atoms with E-state index in [-0.39, 0.29) is 0 Å². The summed E-state index contributed by atoms with van der Waals surface area (Å²) in [5.74, 6) is 1.61. The van der Waals surface area contributed by atoms with Gasteiger partial charge in [-0.15, -0.1) is 0 Å². The molecule has 12 aromatic rings. The largest absolute Gasteiger partial charge is 0.308 e. The molecule has 12 rings (SSSR count). The zero-order chi connectivity index (χ0) is 32.5. The summed E-state index contributed by atoms with van der Waals surface area (Å²) in [6.07, 6.45) is 0. The van der Waals surface area contributed by atoms with Crippen molar-refractivity contribution in [1.82, 2.24) is 18.9 Å². The highest BCUT2D eigenvalue weighted by atomic mass is 15.1. The molecule has 4 heterocycles. The van der Waals surface area contributed by atoms with Gasteiger partial charge in [0.05, 0.1) is 33.1 Å². The summed E-state index contributed by atoms with van der Waals surface area (Å²) in [6, 6.07) is 56.9. The van der Waals surface area contributed by atoms with E-state index in [1.54, 1.807) is 0 Å². The van der Waals surface area contributed by atoms with Crippen molar-refractivity contribution < 1.29 is 0 Å². The maximum Gasteiger partial charge on any atom is 0.162 e. The molecule has 0 bridgehead atoms. The molecular weight excluding hydrogens is 609 g/mol. The quantitative estimate of drug-likeness (QED) is 0.190. The first kappa shape index (κ1) is 26.2. The summed E-state index contributed by atoms with van der Waals surface area (Å²) in [4.78, 5) is 10.7. The van der Waals surface area contributed by atoms with Crippen molar-refractivity contribution in [1.29, 1.82) is 0 Å². The maximum atomic E-state index is 5.53. The molecule has 0 N–H and O–H groups in total. The first-order valence-electron chi connectivity index (χ1n) is 17.1. The second-order valence-corrected chi connectivity index (χ2v) is 13.4. The Balaban J connectivity index is 1.33. The third-order valence-corrected chi connectivity index (χ3v) is 10.8. The minimum absolute atomic E-state index is 0.722. The lowest BCUT2D eigenvalue weighted by Crippen LogP contribution is -2.03. The molecule has 0 amide bonds. The van der Waals surface area contributed by atoms with Crippen molar-refractivity contribution in [2.24, 2.45) is 0 Å². The number of nitrogens with zero attached hydrogens (tertiary/aromatic N) is 4. The standard InChI is InChI=1S/C46H26N4/c1-2-14-29-25-41-37(24-28(29)13-1)42-43-35(31-17-6-9-22-39(31)49(41)43)26-36-32-18-7-10-23-40(32)50(44(36)42)46-34-19-5-8-21-38(34)47-45(48-46)33-20-11-15-27-12-3-4-16-30(27)33/h1-26H. The van der Waals surface area contributed by atoms with Gasteiger partial charge in [0.15, 0.2) is 5.82 Å². The summed E-state index contributed by atoms with van der Waals surface area (Å²) in [5, 5.41) is 13.3. The van der Waals surface area contributed by atoms with Gasteiger partial charge >= 0.3 is 0 Å². The van der Waals surface area contributed by atoms with Gasteiger partial charge in [0.25, 0.3) is 0 Å². The lowest BCUT2D eigenvalue weighted by Gasteiger charge is -2.14. The molecule has 0 fully saturated rings. The second-order valence-electron chi connectivity index (χ2n) is 13.4. The van der Waals surface area contributed by atoms with Crippen LogP contribution in [0.1, 0.15) is 0 Å². The van der Waals surface area contributed by atoms with Crippen LogP contribution in [0.25, 0.3) is 110 Å². The molecule has 230 valence electrons. The van der Waals surface area contributed by atoms with Crippen LogP contribution in [-0.4, -0.2) is 18.9 Å². The predicted molar refractivity (Wildman–Crippen MR) is 209 cm³/mol. The number of para-hydroxylation sites is 3. The van der Waals surface area contributed by atoms with Crippen LogP contribution in [0.4, 0.5) is 0 Å². The van der Waals surface area contributed by atoms with E-state index in [1.165, 1.54) is 70.5 Å². The zero-order valence-electron chi connectivity index (χ0n) is 26.8. The van der Waals surface area contributed by atoms with Gasteiger partial charge in [-0.05, 0) is 64.0 Å². The molecule has 50 heavy (non-hydrogen) atoms. The van der Waals surface area contributed by atoms with E-state index in [2.05, 4.69) is 167 Å². The highest BCUT2D eigenvalue weighted by molar-refractivity contribution is 6.35. The fourth-order valence-corrected chi connectivity index (χ4v) is 8.68. The van der Waals surface area contributed by atoms with Gasteiger partial charge in [-0.3, -0.25) is 4.57 Å². The van der Waals surface area contributed by atoms with E-state index >= 15 is 0 Å². The molecule has 0 spiro atoms. The third-order valence-electron chi connectivity index (χ3n) is 10.8. The molecule has 0 atom stereocenters. The number of rotatable bonds is 2. The number of hydrogen-bond donors (Lipinski definition) is 0. The van der Waals surface area contributed by atoms with E-state index < -0.39 is 0 Å². The van der Waals surface area contributed by atoms with Crippen LogP contribution in [0.5, 0.6) is 0 Å². The van der Waals surface area contributed by atoms with Crippen molar-refractivity contribution >= 4 is 92.3 Å². The Morgan fingerprint density at radius 3 is 1.84 bits per heavy atom. The fourth-order valence-electron chi connectivity index (χ4n) is 8.68. The SMILES string of the molecule is c1ccc2cc3c(cc2c1)c1c2c(cc4c5ccccc5n3c41)c1ccccc1n2-c1nc(-c2cccc3ccccc23)nc2ccccc12. The Kier molecular flexibility index (Phi) is 4.94. The minimum Gasteiger partial charge on any atom is -0.308 e. The van der Waals surface area contributed by atoms with Crippen LogP contribution in [0.15, 0.2) is 158 Å². The lowest BCUT2D eigenvalue weighted by molar-refractivity contribution is 1.08. The maximum absolute atomic E-state index is 5.53. The Hall–Kier alpha value is -6.78. The first-order valence-corrected chi connectivity index (χ1v) is 17.1. The third kappa shape index (κ3) is 3.30. The Morgan fingerprint density at radius 2 is 1.00 bits per heavy atom. The lowest BCUT2D eigenvalue weighted by atomic mass is 10.0. The van der Waals surface area contributed by atoms with E-state index in [4.69, 9.17) is 9.97 Å². The molecule has 0 aliphatic heterocycles. The fraction of sp³-hybridized carbons (Fsp3) is 0. The van der Waals surface area contributed by atoms with Crippen molar-refractivity contribution in [3.05, 3.63) is 158 Å². The summed E-state index contributed by atoms with van der Waals surface area (Å²) < 4.78 is 4.91. The molecule has 4 heteroatoms. The molecule has 0 radical (unpaired) electrons. The number of hydrogen-bond acceptors (Lipinski definition) is 2. The summed E-state index contributed by atoms with van der Waals surface area (Å²) in [5.41, 5.74) is 7.95. The van der Waals surface area contributed by atoms with Crippen LogP contribution in [-0.2, 0) is 0 Å². The highest BCUT2D eigenvalue weighted by Gasteiger charge is 2.26. The number of benzene rings is 8. The molecule has 0 saturated carbocycles. The average Bonchev–Trinajstić information content (AvgIpc) is 3.80. The van der Waals surface area contributed by atoms with Crippen LogP contribution < -0.4 is 0 Å². The van der Waals surface area contributed by atoms with Crippen LogP contribution in [0, 0.1) is 0 Å². The summed E-state index contributed by atoms with van der Waals surface area (Å²) in [6.45, 7) is 0. The molecule has 0 unspecified atom stereocenters. The number of aromatic nitrogens is 4. The smallest absolute Gasteiger partial charge is 0.162 e. The van der Waals surface area contributed by atoms with Gasteiger partial charge in [-0.2, -0.15) is 0 Å². The zero-order valence-corrected chi connectivity index (χ0v) is 26.8. The molecule has 0 aliphatic carbocycles. The van der Waals surface area contributed by atoms with E-state index in [0.29, 0.717) is 0 Å². The molecule has 0 saturated heterocycles. The molecule has 8 aromatic carbocycles. The van der Waals surface area contributed by atoms with Crippen molar-refractivity contribution in [2.75, 3.05) is 0 Å². The van der Waals surface area contributed by atoms with Crippen LogP contribution >= 0.6 is 0 Å². The minimum atomic E-state index is 0.722. The van der Waals surface area contributed by atoms with Gasteiger partial charge in [0.2, 0.25) is 0 Å². The van der Waals surface area contributed by atoms with E-state index in [9.17, 15) is 0 Å². The molecular formula is C46H26N4. The van der Waals surface area contributed by atoms with E-state index in [0.717, 1.165) is 39.0 Å².